The fourth-order valence-corrected chi connectivity index (χ4v) is 2.58. The molecule has 0 radical (unpaired) electrons. The molecule has 5 nitrogen and oxygen atoms in total. The van der Waals surface area contributed by atoms with Crippen LogP contribution >= 0.6 is 15.9 Å². The monoisotopic (exact) mass is 406 g/mol. The summed E-state index contributed by atoms with van der Waals surface area (Å²) in [6.45, 7) is 1.30. The number of nitrogen functional groups attached to an aromatic ring is 1. The first-order chi connectivity index (χ1) is 12.1. The highest BCUT2D eigenvalue weighted by Crippen LogP contribution is 2.30. The average molecular weight is 407 g/mol. The van der Waals surface area contributed by atoms with Crippen LogP contribution in [0.5, 0.6) is 17.2 Å². The molecule has 134 valence electrons. The number of unbranched alkanes of at least 4 members (excludes halogenated alkanes) is 2. The topological polar surface area (TPSA) is 77.6 Å². The molecule has 0 amide bonds. The molecule has 2 aromatic rings. The van der Waals surface area contributed by atoms with Crippen LogP contribution in [0.2, 0.25) is 0 Å². The van der Waals surface area contributed by atoms with Crippen molar-refractivity contribution in [3.05, 3.63) is 52.5 Å². The van der Waals surface area contributed by atoms with Gasteiger partial charge in [-0.3, -0.25) is 5.41 Å². The molecule has 0 aromatic heterocycles. The summed E-state index contributed by atoms with van der Waals surface area (Å²) in [5.41, 5.74) is 6.12. The second kappa shape index (κ2) is 9.93. The van der Waals surface area contributed by atoms with Crippen LogP contribution in [0, 0.1) is 5.41 Å². The lowest BCUT2D eigenvalue weighted by molar-refractivity contribution is 0.270. The van der Waals surface area contributed by atoms with E-state index >= 15 is 0 Å². The Morgan fingerprint density at radius 1 is 0.960 bits per heavy atom. The molecule has 25 heavy (non-hydrogen) atoms. The minimum Gasteiger partial charge on any atom is -0.494 e. The van der Waals surface area contributed by atoms with Gasteiger partial charge in [0.25, 0.3) is 0 Å². The molecule has 0 aliphatic rings. The standard InChI is InChI=1S/C19H23BrN2O3/c1-23-18-13-15(20)7-10-17(18)25-12-4-2-3-11-24-16-8-5-14(6-9-16)19(21)22/h5-10,13H,2-4,11-12H2,1H3,(H3,21,22). The van der Waals surface area contributed by atoms with Gasteiger partial charge in [0.2, 0.25) is 0 Å². The van der Waals surface area contributed by atoms with Crippen molar-refractivity contribution in [3.8, 4) is 17.2 Å². The van der Waals surface area contributed by atoms with E-state index in [0.29, 0.717) is 18.8 Å². The molecule has 0 fully saturated rings. The van der Waals surface area contributed by atoms with Crippen molar-refractivity contribution < 1.29 is 14.2 Å². The Morgan fingerprint density at radius 3 is 2.28 bits per heavy atom. The zero-order valence-corrected chi connectivity index (χ0v) is 15.8. The lowest BCUT2D eigenvalue weighted by atomic mass is 10.2. The molecule has 0 bridgehead atoms. The molecule has 2 rings (SSSR count). The Bertz CT molecular complexity index is 690. The molecule has 0 aliphatic heterocycles. The Labute approximate surface area is 156 Å². The number of amidine groups is 1. The molecule has 6 heteroatoms. The van der Waals surface area contributed by atoms with Gasteiger partial charge in [-0.2, -0.15) is 0 Å². The second-order valence-electron chi connectivity index (χ2n) is 5.49. The molecule has 0 spiro atoms. The molecule has 0 saturated carbocycles. The summed E-state index contributed by atoms with van der Waals surface area (Å²) >= 11 is 3.41. The number of hydrogen-bond acceptors (Lipinski definition) is 4. The maximum atomic E-state index is 7.35. The van der Waals surface area contributed by atoms with E-state index in [1.165, 1.54) is 0 Å². The van der Waals surface area contributed by atoms with Gasteiger partial charge in [0, 0.05) is 10.0 Å². The van der Waals surface area contributed by atoms with Crippen LogP contribution in [-0.2, 0) is 0 Å². The zero-order valence-electron chi connectivity index (χ0n) is 14.3. The number of methoxy groups -OCH3 is 1. The number of hydrogen-bond donors (Lipinski definition) is 2. The van der Waals surface area contributed by atoms with Gasteiger partial charge in [0.15, 0.2) is 11.5 Å². The van der Waals surface area contributed by atoms with Gasteiger partial charge >= 0.3 is 0 Å². The van der Waals surface area contributed by atoms with E-state index in [9.17, 15) is 0 Å². The van der Waals surface area contributed by atoms with Crippen molar-refractivity contribution in [2.45, 2.75) is 19.3 Å². The lowest BCUT2D eigenvalue weighted by Crippen LogP contribution is -2.10. The summed E-state index contributed by atoms with van der Waals surface area (Å²) in [6, 6.07) is 13.0. The normalized spacial score (nSPS) is 10.3. The van der Waals surface area contributed by atoms with E-state index in [4.69, 9.17) is 25.4 Å². The molecular formula is C19H23BrN2O3. The Balaban J connectivity index is 1.61. The molecule has 0 heterocycles. The summed E-state index contributed by atoms with van der Waals surface area (Å²) in [5.74, 6) is 2.34. The SMILES string of the molecule is COc1cc(Br)ccc1OCCCCCOc1ccc(C(=N)N)cc1. The summed E-state index contributed by atoms with van der Waals surface area (Å²) < 4.78 is 17.7. The van der Waals surface area contributed by atoms with Crippen LogP contribution in [0.1, 0.15) is 24.8 Å². The summed E-state index contributed by atoms with van der Waals surface area (Å²) in [6.07, 6.45) is 2.92. The first-order valence-corrected chi connectivity index (χ1v) is 8.93. The Kier molecular flexibility index (Phi) is 7.60. The molecule has 2 aromatic carbocycles. The predicted octanol–water partition coefficient (Wildman–Crippen LogP) is 4.37. The Morgan fingerprint density at radius 2 is 1.64 bits per heavy atom. The van der Waals surface area contributed by atoms with Gasteiger partial charge in [-0.25, -0.2) is 0 Å². The van der Waals surface area contributed by atoms with E-state index in [1.807, 2.05) is 30.3 Å². The summed E-state index contributed by atoms with van der Waals surface area (Å²) in [7, 11) is 1.63. The number of halogens is 1. The third kappa shape index (κ3) is 6.31. The van der Waals surface area contributed by atoms with Crippen LogP contribution in [-0.4, -0.2) is 26.2 Å². The summed E-state index contributed by atoms with van der Waals surface area (Å²) in [5, 5.41) is 7.35. The second-order valence-corrected chi connectivity index (χ2v) is 6.41. The van der Waals surface area contributed by atoms with Crippen molar-refractivity contribution >= 4 is 21.8 Å². The highest BCUT2D eigenvalue weighted by atomic mass is 79.9. The highest BCUT2D eigenvalue weighted by Gasteiger charge is 2.04. The van der Waals surface area contributed by atoms with Gasteiger partial charge in [0.05, 0.1) is 20.3 Å². The minimum absolute atomic E-state index is 0.0638. The van der Waals surface area contributed by atoms with Gasteiger partial charge in [0.1, 0.15) is 11.6 Å². The molecule has 0 unspecified atom stereocenters. The van der Waals surface area contributed by atoms with E-state index in [2.05, 4.69) is 15.9 Å². The smallest absolute Gasteiger partial charge is 0.161 e. The molecule has 0 aliphatic carbocycles. The fraction of sp³-hybridized carbons (Fsp3) is 0.316. The molecule has 0 atom stereocenters. The number of ether oxygens (including phenoxy) is 3. The van der Waals surface area contributed by atoms with E-state index < -0.39 is 0 Å². The average Bonchev–Trinajstić information content (AvgIpc) is 2.62. The maximum Gasteiger partial charge on any atom is 0.161 e. The van der Waals surface area contributed by atoms with E-state index in [-0.39, 0.29) is 5.84 Å². The van der Waals surface area contributed by atoms with Crippen LogP contribution in [0.3, 0.4) is 0 Å². The van der Waals surface area contributed by atoms with Crippen LogP contribution < -0.4 is 19.9 Å². The summed E-state index contributed by atoms with van der Waals surface area (Å²) in [4.78, 5) is 0. The van der Waals surface area contributed by atoms with Gasteiger partial charge in [-0.05, 0) is 61.7 Å². The molecular weight excluding hydrogens is 384 g/mol. The Hall–Kier alpha value is -2.21. The van der Waals surface area contributed by atoms with E-state index in [0.717, 1.165) is 41.0 Å². The van der Waals surface area contributed by atoms with Crippen LogP contribution in [0.15, 0.2) is 46.9 Å². The quantitative estimate of drug-likeness (QED) is 0.348. The van der Waals surface area contributed by atoms with Gasteiger partial charge in [-0.15, -0.1) is 0 Å². The largest absolute Gasteiger partial charge is 0.494 e. The molecule has 3 N–H and O–H groups in total. The van der Waals surface area contributed by atoms with Crippen molar-refractivity contribution in [2.75, 3.05) is 20.3 Å². The van der Waals surface area contributed by atoms with Gasteiger partial charge < -0.3 is 19.9 Å². The van der Waals surface area contributed by atoms with Crippen molar-refractivity contribution in [1.82, 2.24) is 0 Å². The minimum atomic E-state index is 0.0638. The van der Waals surface area contributed by atoms with Crippen LogP contribution in [0.4, 0.5) is 0 Å². The first kappa shape index (κ1) is 19.1. The zero-order chi connectivity index (χ0) is 18.1. The van der Waals surface area contributed by atoms with Crippen molar-refractivity contribution in [1.29, 1.82) is 5.41 Å². The van der Waals surface area contributed by atoms with Gasteiger partial charge in [-0.1, -0.05) is 15.9 Å². The molecule has 0 saturated heterocycles. The maximum absolute atomic E-state index is 7.35. The number of nitrogens with two attached hydrogens (primary N) is 1. The van der Waals surface area contributed by atoms with E-state index in [1.54, 1.807) is 19.2 Å². The lowest BCUT2D eigenvalue weighted by Gasteiger charge is -2.11. The predicted molar refractivity (Wildman–Crippen MR) is 103 cm³/mol. The number of nitrogens with one attached hydrogen (secondary N) is 1. The number of benzene rings is 2. The van der Waals surface area contributed by atoms with Crippen molar-refractivity contribution in [2.24, 2.45) is 5.73 Å². The van der Waals surface area contributed by atoms with Crippen molar-refractivity contribution in [3.63, 3.8) is 0 Å². The third-order valence-corrected chi connectivity index (χ3v) is 4.10. The van der Waals surface area contributed by atoms with Crippen LogP contribution in [0.25, 0.3) is 0 Å². The fourth-order valence-electron chi connectivity index (χ4n) is 2.24. The first-order valence-electron chi connectivity index (χ1n) is 8.14. The third-order valence-electron chi connectivity index (χ3n) is 3.61. The highest BCUT2D eigenvalue weighted by molar-refractivity contribution is 9.10. The number of rotatable bonds is 10.